The summed E-state index contributed by atoms with van der Waals surface area (Å²) in [4.78, 5) is 46.7. The minimum atomic E-state index is -0.611. The van der Waals surface area contributed by atoms with Crippen LogP contribution in [0, 0.1) is 0 Å². The van der Waals surface area contributed by atoms with Gasteiger partial charge in [-0.2, -0.15) is 0 Å². The maximum atomic E-state index is 13.2. The smallest absolute Gasteiger partial charge is 0.294 e. The first-order valence-corrected chi connectivity index (χ1v) is 12.1. The number of para-hydroxylation sites is 1. The second kappa shape index (κ2) is 10.6. The van der Waals surface area contributed by atoms with Crippen LogP contribution in [-0.2, 0) is 29.0 Å². The number of anilines is 1. The highest BCUT2D eigenvalue weighted by Gasteiger charge is 2.31. The Bertz CT molecular complexity index is 1310. The van der Waals surface area contributed by atoms with Gasteiger partial charge in [-0.05, 0) is 31.0 Å². The van der Waals surface area contributed by atoms with E-state index in [1.165, 1.54) is 4.57 Å². The van der Waals surface area contributed by atoms with Crippen molar-refractivity contribution >= 4 is 17.6 Å². The predicted molar refractivity (Wildman–Crippen MR) is 133 cm³/mol. The number of hydrogen-bond acceptors (Lipinski definition) is 7. The Morgan fingerprint density at radius 2 is 1.97 bits per heavy atom. The lowest BCUT2D eigenvalue weighted by Gasteiger charge is -2.18. The topological polar surface area (TPSA) is 127 Å². The van der Waals surface area contributed by atoms with Crippen molar-refractivity contribution in [2.75, 3.05) is 18.4 Å². The highest BCUT2D eigenvalue weighted by molar-refractivity contribution is 5.83. The molecule has 2 atom stereocenters. The molecule has 0 spiro atoms. The molecule has 1 fully saturated rings. The van der Waals surface area contributed by atoms with E-state index < -0.39 is 12.1 Å². The van der Waals surface area contributed by atoms with Crippen molar-refractivity contribution in [2.24, 2.45) is 0 Å². The van der Waals surface area contributed by atoms with Crippen molar-refractivity contribution in [2.45, 2.75) is 44.4 Å². The summed E-state index contributed by atoms with van der Waals surface area (Å²) in [5.41, 5.74) is 2.12. The van der Waals surface area contributed by atoms with Gasteiger partial charge in [-0.1, -0.05) is 24.3 Å². The summed E-state index contributed by atoms with van der Waals surface area (Å²) >= 11 is 0. The van der Waals surface area contributed by atoms with E-state index in [2.05, 4.69) is 25.9 Å². The minimum absolute atomic E-state index is 0.131. The van der Waals surface area contributed by atoms with E-state index in [1.807, 2.05) is 36.4 Å². The van der Waals surface area contributed by atoms with E-state index in [9.17, 15) is 14.4 Å². The summed E-state index contributed by atoms with van der Waals surface area (Å²) in [6.45, 7) is 1.32. The Kier molecular flexibility index (Phi) is 6.92. The molecule has 1 unspecified atom stereocenters. The molecule has 36 heavy (non-hydrogen) atoms. The number of aromatic nitrogens is 3. The van der Waals surface area contributed by atoms with Crippen molar-refractivity contribution in [3.8, 4) is 5.75 Å². The van der Waals surface area contributed by atoms with Gasteiger partial charge in [0.25, 0.3) is 11.5 Å². The first kappa shape index (κ1) is 23.5. The largest absolute Gasteiger partial charge is 0.480 e. The standard InChI is InChI=1S/C26H28N6O4/c33-24(31-15-17-5-1-2-7-21(17)36-22-11-14-29-25(22)34)20-9-8-19-16-30-23(26(35)32(19)20)28-13-10-18-6-3-4-12-27-18/h1-7,12,16,20,22H,8-11,13-15H2,(H,28,30)(H,29,34)(H,31,33)/t20-,22?/m0/s1. The molecule has 0 radical (unpaired) electrons. The molecule has 2 aliphatic rings. The molecule has 2 aliphatic heterocycles. The second-order valence-corrected chi connectivity index (χ2v) is 8.84. The molecule has 3 aromatic rings. The maximum absolute atomic E-state index is 13.2. The molecule has 186 valence electrons. The minimum Gasteiger partial charge on any atom is -0.480 e. The average molecular weight is 489 g/mol. The maximum Gasteiger partial charge on any atom is 0.294 e. The summed E-state index contributed by atoms with van der Waals surface area (Å²) in [6, 6.07) is 12.4. The Labute approximate surface area is 208 Å². The molecule has 3 N–H and O–H groups in total. The number of fused-ring (bicyclic) bond motifs is 1. The van der Waals surface area contributed by atoms with Crippen LogP contribution in [0.2, 0.25) is 0 Å². The molecule has 0 aliphatic carbocycles. The molecule has 1 aromatic carbocycles. The molecule has 1 saturated heterocycles. The first-order chi connectivity index (χ1) is 17.6. The van der Waals surface area contributed by atoms with Gasteiger partial charge in [0.05, 0.1) is 0 Å². The number of carbonyl (C=O) groups excluding carboxylic acids is 2. The first-order valence-electron chi connectivity index (χ1n) is 12.1. The number of rotatable bonds is 9. The Morgan fingerprint density at radius 1 is 1.11 bits per heavy atom. The Morgan fingerprint density at radius 3 is 2.78 bits per heavy atom. The zero-order chi connectivity index (χ0) is 24.9. The third-order valence-corrected chi connectivity index (χ3v) is 6.45. The SMILES string of the molecule is O=C1NCCC1Oc1ccccc1CNC(=O)[C@@H]1CCc2cnc(NCCc3ccccn3)c(=O)n21. The number of nitrogens with zero attached hydrogens (tertiary/aromatic N) is 3. The van der Waals surface area contributed by atoms with Crippen LogP contribution >= 0.6 is 0 Å². The van der Waals surface area contributed by atoms with Crippen LogP contribution in [0.4, 0.5) is 5.82 Å². The molecule has 10 nitrogen and oxygen atoms in total. The van der Waals surface area contributed by atoms with Gasteiger partial charge in [-0.25, -0.2) is 4.98 Å². The summed E-state index contributed by atoms with van der Waals surface area (Å²) in [5, 5.41) is 8.79. The third-order valence-electron chi connectivity index (χ3n) is 6.45. The van der Waals surface area contributed by atoms with E-state index in [0.717, 1.165) is 17.0 Å². The number of amides is 2. The molecule has 2 amide bonds. The highest BCUT2D eigenvalue weighted by Crippen LogP contribution is 2.25. The number of nitrogens with one attached hydrogen (secondary N) is 3. The van der Waals surface area contributed by atoms with Gasteiger partial charge in [-0.15, -0.1) is 0 Å². The van der Waals surface area contributed by atoms with E-state index >= 15 is 0 Å². The molecule has 0 saturated carbocycles. The highest BCUT2D eigenvalue weighted by atomic mass is 16.5. The van der Waals surface area contributed by atoms with Gasteiger partial charge in [0.1, 0.15) is 11.8 Å². The lowest BCUT2D eigenvalue weighted by atomic mass is 10.1. The predicted octanol–water partition coefficient (Wildman–Crippen LogP) is 1.36. The third kappa shape index (κ3) is 5.07. The lowest BCUT2D eigenvalue weighted by Crippen LogP contribution is -2.36. The summed E-state index contributed by atoms with van der Waals surface area (Å²) < 4.78 is 7.44. The van der Waals surface area contributed by atoms with Crippen LogP contribution in [0.15, 0.2) is 59.7 Å². The van der Waals surface area contributed by atoms with Crippen LogP contribution < -0.4 is 26.2 Å². The Hall–Kier alpha value is -4.21. The van der Waals surface area contributed by atoms with Crippen LogP contribution in [0.5, 0.6) is 5.75 Å². The quantitative estimate of drug-likeness (QED) is 0.415. The number of ether oxygens (including phenoxy) is 1. The fraction of sp³-hybridized carbons (Fsp3) is 0.346. The molecule has 10 heteroatoms. The van der Waals surface area contributed by atoms with E-state index in [4.69, 9.17) is 4.74 Å². The molecular formula is C26H28N6O4. The number of benzene rings is 1. The number of pyridine rings is 1. The molecule has 4 heterocycles. The van der Waals surface area contributed by atoms with E-state index in [-0.39, 0.29) is 29.7 Å². The molecule has 5 rings (SSSR count). The van der Waals surface area contributed by atoms with Gasteiger partial charge in [0, 0.05) is 61.8 Å². The summed E-state index contributed by atoms with van der Waals surface area (Å²) in [5.74, 6) is 0.416. The Balaban J connectivity index is 1.24. The van der Waals surface area contributed by atoms with Crippen molar-refractivity contribution in [1.82, 2.24) is 25.2 Å². The monoisotopic (exact) mass is 488 g/mol. The number of hydrogen-bond donors (Lipinski definition) is 3. The van der Waals surface area contributed by atoms with Crippen molar-refractivity contribution in [1.29, 1.82) is 0 Å². The second-order valence-electron chi connectivity index (χ2n) is 8.84. The van der Waals surface area contributed by atoms with Crippen LogP contribution in [0.1, 0.15) is 35.8 Å². The molecular weight excluding hydrogens is 460 g/mol. The van der Waals surface area contributed by atoms with Crippen molar-refractivity contribution in [3.63, 3.8) is 0 Å². The van der Waals surface area contributed by atoms with Crippen molar-refractivity contribution < 1.29 is 14.3 Å². The summed E-state index contributed by atoms with van der Waals surface area (Å²) in [6.07, 6.45) is 5.25. The normalized spacial score (nSPS) is 18.4. The molecule has 0 bridgehead atoms. The fourth-order valence-electron chi connectivity index (χ4n) is 4.57. The lowest BCUT2D eigenvalue weighted by molar-refractivity contribution is -0.125. The van der Waals surface area contributed by atoms with Gasteiger partial charge in [0.2, 0.25) is 5.91 Å². The van der Waals surface area contributed by atoms with Crippen LogP contribution in [0.3, 0.4) is 0 Å². The average Bonchev–Trinajstić information content (AvgIpc) is 3.52. The van der Waals surface area contributed by atoms with Crippen LogP contribution in [-0.4, -0.2) is 45.5 Å². The summed E-state index contributed by atoms with van der Waals surface area (Å²) in [7, 11) is 0. The van der Waals surface area contributed by atoms with Crippen molar-refractivity contribution in [3.05, 3.63) is 82.2 Å². The zero-order valence-electron chi connectivity index (χ0n) is 19.8. The van der Waals surface area contributed by atoms with Gasteiger partial charge >= 0.3 is 0 Å². The van der Waals surface area contributed by atoms with Gasteiger partial charge in [-0.3, -0.25) is 23.9 Å². The van der Waals surface area contributed by atoms with Gasteiger partial charge in [0.15, 0.2) is 11.9 Å². The zero-order valence-corrected chi connectivity index (χ0v) is 19.8. The van der Waals surface area contributed by atoms with Crippen LogP contribution in [0.25, 0.3) is 0 Å². The van der Waals surface area contributed by atoms with E-state index in [0.29, 0.717) is 44.5 Å². The van der Waals surface area contributed by atoms with E-state index in [1.54, 1.807) is 18.5 Å². The molecule has 2 aromatic heterocycles. The van der Waals surface area contributed by atoms with Gasteiger partial charge < -0.3 is 20.7 Å². The number of aryl methyl sites for hydroxylation is 1. The fourth-order valence-corrected chi connectivity index (χ4v) is 4.57. The number of carbonyl (C=O) groups is 2.